The first-order valence-corrected chi connectivity index (χ1v) is 7.14. The van der Waals surface area contributed by atoms with Crippen LogP contribution in [0.2, 0.25) is 0 Å². The van der Waals surface area contributed by atoms with Gasteiger partial charge in [-0.05, 0) is 17.7 Å². The molecule has 0 saturated carbocycles. The molecular formula is C15H22N2O5. The molecule has 1 saturated heterocycles. The van der Waals surface area contributed by atoms with Crippen LogP contribution in [0, 0.1) is 0 Å². The van der Waals surface area contributed by atoms with Crippen molar-refractivity contribution in [3.8, 4) is 11.5 Å². The first kappa shape index (κ1) is 16.5. The van der Waals surface area contributed by atoms with Gasteiger partial charge in [-0.3, -0.25) is 4.79 Å². The molecule has 2 rings (SSSR count). The Kier molecular flexibility index (Phi) is 6.00. The minimum Gasteiger partial charge on any atom is -0.497 e. The van der Waals surface area contributed by atoms with Crippen molar-refractivity contribution in [2.24, 2.45) is 0 Å². The van der Waals surface area contributed by atoms with E-state index in [0.717, 1.165) is 0 Å². The van der Waals surface area contributed by atoms with Gasteiger partial charge in [-0.15, -0.1) is 0 Å². The van der Waals surface area contributed by atoms with Crippen molar-refractivity contribution in [3.63, 3.8) is 0 Å². The van der Waals surface area contributed by atoms with Crippen LogP contribution in [0.25, 0.3) is 0 Å². The van der Waals surface area contributed by atoms with Crippen LogP contribution >= 0.6 is 0 Å². The zero-order chi connectivity index (χ0) is 15.9. The van der Waals surface area contributed by atoms with Crippen LogP contribution < -0.4 is 20.1 Å². The maximum atomic E-state index is 12.0. The molecule has 22 heavy (non-hydrogen) atoms. The van der Waals surface area contributed by atoms with Crippen LogP contribution in [0.4, 0.5) is 0 Å². The molecule has 0 spiro atoms. The highest BCUT2D eigenvalue weighted by molar-refractivity contribution is 5.82. The molecule has 3 N–H and O–H groups in total. The summed E-state index contributed by atoms with van der Waals surface area (Å²) in [4.78, 5) is 12.0. The van der Waals surface area contributed by atoms with Crippen LogP contribution in [0.5, 0.6) is 11.5 Å². The molecule has 1 heterocycles. The SMILES string of the molecule is COc1cc(OC)cc(C(O)CNC(=O)C2COCCN2)c1. The molecule has 1 aliphatic heterocycles. The van der Waals surface area contributed by atoms with Gasteiger partial charge in [-0.1, -0.05) is 0 Å². The number of rotatable bonds is 6. The van der Waals surface area contributed by atoms with E-state index in [1.807, 2.05) is 0 Å². The van der Waals surface area contributed by atoms with Crippen molar-refractivity contribution in [1.82, 2.24) is 10.6 Å². The van der Waals surface area contributed by atoms with E-state index in [2.05, 4.69) is 10.6 Å². The fourth-order valence-electron chi connectivity index (χ4n) is 2.19. The highest BCUT2D eigenvalue weighted by atomic mass is 16.5. The Labute approximate surface area is 129 Å². The van der Waals surface area contributed by atoms with E-state index in [1.54, 1.807) is 32.4 Å². The number of aliphatic hydroxyl groups excluding tert-OH is 1. The number of nitrogens with one attached hydrogen (secondary N) is 2. The lowest BCUT2D eigenvalue weighted by Crippen LogP contribution is -2.51. The predicted octanol–water partition coefficient (Wildman–Crippen LogP) is -0.158. The van der Waals surface area contributed by atoms with E-state index < -0.39 is 6.10 Å². The molecule has 1 aliphatic rings. The van der Waals surface area contributed by atoms with Crippen LogP contribution in [0.3, 0.4) is 0 Å². The molecule has 122 valence electrons. The van der Waals surface area contributed by atoms with Gasteiger partial charge in [0.05, 0.1) is 33.5 Å². The molecule has 0 bridgehead atoms. The first-order valence-electron chi connectivity index (χ1n) is 7.14. The van der Waals surface area contributed by atoms with E-state index in [-0.39, 0.29) is 18.5 Å². The number of morpholine rings is 1. The van der Waals surface area contributed by atoms with E-state index >= 15 is 0 Å². The molecule has 1 aromatic rings. The molecule has 0 radical (unpaired) electrons. The Hall–Kier alpha value is -1.83. The minimum absolute atomic E-state index is 0.104. The van der Waals surface area contributed by atoms with Gasteiger partial charge in [0.2, 0.25) is 5.91 Å². The molecule has 1 amide bonds. The fraction of sp³-hybridized carbons (Fsp3) is 0.533. The molecule has 2 atom stereocenters. The van der Waals surface area contributed by atoms with Gasteiger partial charge in [0, 0.05) is 19.2 Å². The zero-order valence-electron chi connectivity index (χ0n) is 12.8. The van der Waals surface area contributed by atoms with Crippen LogP contribution in [-0.4, -0.2) is 57.6 Å². The van der Waals surface area contributed by atoms with Crippen molar-refractivity contribution < 1.29 is 24.1 Å². The van der Waals surface area contributed by atoms with Crippen molar-refractivity contribution in [2.75, 3.05) is 40.5 Å². The lowest BCUT2D eigenvalue weighted by atomic mass is 10.1. The van der Waals surface area contributed by atoms with Gasteiger partial charge in [0.15, 0.2) is 0 Å². The van der Waals surface area contributed by atoms with E-state index in [4.69, 9.17) is 14.2 Å². The number of aliphatic hydroxyl groups is 1. The van der Waals surface area contributed by atoms with E-state index in [0.29, 0.717) is 36.8 Å². The van der Waals surface area contributed by atoms with Crippen molar-refractivity contribution >= 4 is 5.91 Å². The summed E-state index contributed by atoms with van der Waals surface area (Å²) in [6, 6.07) is 4.77. The highest BCUT2D eigenvalue weighted by Crippen LogP contribution is 2.26. The minimum atomic E-state index is -0.850. The third-order valence-electron chi connectivity index (χ3n) is 3.47. The number of carbonyl (C=O) groups is 1. The van der Waals surface area contributed by atoms with Crippen LogP contribution in [0.15, 0.2) is 18.2 Å². The summed E-state index contributed by atoms with van der Waals surface area (Å²) in [7, 11) is 3.09. The number of carbonyl (C=O) groups excluding carboxylic acids is 1. The van der Waals surface area contributed by atoms with Crippen molar-refractivity contribution in [2.45, 2.75) is 12.1 Å². The number of hydrogen-bond acceptors (Lipinski definition) is 6. The maximum absolute atomic E-state index is 12.0. The maximum Gasteiger partial charge on any atom is 0.239 e. The Bertz CT molecular complexity index is 480. The number of ether oxygens (including phenoxy) is 3. The van der Waals surface area contributed by atoms with E-state index in [9.17, 15) is 9.90 Å². The summed E-state index contributed by atoms with van der Waals surface area (Å²) in [6.07, 6.45) is -0.850. The smallest absolute Gasteiger partial charge is 0.239 e. The third kappa shape index (κ3) is 4.33. The standard InChI is InChI=1S/C15H22N2O5/c1-20-11-5-10(6-12(7-11)21-2)14(18)8-17-15(19)13-9-22-4-3-16-13/h5-7,13-14,16,18H,3-4,8-9H2,1-2H3,(H,17,19). The van der Waals surface area contributed by atoms with Gasteiger partial charge in [-0.2, -0.15) is 0 Å². The molecule has 7 nitrogen and oxygen atoms in total. The molecular weight excluding hydrogens is 288 g/mol. The Morgan fingerprint density at radius 1 is 1.41 bits per heavy atom. The normalized spacial score (nSPS) is 19.3. The van der Waals surface area contributed by atoms with Crippen LogP contribution in [0.1, 0.15) is 11.7 Å². The van der Waals surface area contributed by atoms with Crippen molar-refractivity contribution in [3.05, 3.63) is 23.8 Å². The Morgan fingerprint density at radius 3 is 2.64 bits per heavy atom. The van der Waals surface area contributed by atoms with Gasteiger partial charge in [0.25, 0.3) is 0 Å². The second-order valence-corrected chi connectivity index (χ2v) is 4.99. The molecule has 7 heteroatoms. The highest BCUT2D eigenvalue weighted by Gasteiger charge is 2.22. The van der Waals surface area contributed by atoms with E-state index in [1.165, 1.54) is 0 Å². The lowest BCUT2D eigenvalue weighted by molar-refractivity contribution is -0.126. The van der Waals surface area contributed by atoms with Crippen LogP contribution in [-0.2, 0) is 9.53 Å². The monoisotopic (exact) mass is 310 g/mol. The van der Waals surface area contributed by atoms with Gasteiger partial charge >= 0.3 is 0 Å². The third-order valence-corrected chi connectivity index (χ3v) is 3.47. The number of methoxy groups -OCH3 is 2. The quantitative estimate of drug-likeness (QED) is 0.677. The number of amides is 1. The topological polar surface area (TPSA) is 89.0 Å². The molecule has 0 aromatic heterocycles. The zero-order valence-corrected chi connectivity index (χ0v) is 12.8. The first-order chi connectivity index (χ1) is 10.6. The second kappa shape index (κ2) is 7.98. The summed E-state index contributed by atoms with van der Waals surface area (Å²) in [5.74, 6) is 0.984. The van der Waals surface area contributed by atoms with Gasteiger partial charge in [-0.25, -0.2) is 0 Å². The predicted molar refractivity (Wildman–Crippen MR) is 80.1 cm³/mol. The molecule has 1 fully saturated rings. The average molecular weight is 310 g/mol. The number of hydrogen-bond donors (Lipinski definition) is 3. The summed E-state index contributed by atoms with van der Waals surface area (Å²) in [5, 5.41) is 16.0. The van der Waals surface area contributed by atoms with Crippen molar-refractivity contribution in [1.29, 1.82) is 0 Å². The number of benzene rings is 1. The summed E-state index contributed by atoms with van der Waals surface area (Å²) in [5.41, 5.74) is 0.615. The van der Waals surface area contributed by atoms with Gasteiger partial charge in [0.1, 0.15) is 17.5 Å². The van der Waals surface area contributed by atoms with Gasteiger partial charge < -0.3 is 30.0 Å². The fourth-order valence-corrected chi connectivity index (χ4v) is 2.19. The summed E-state index contributed by atoms with van der Waals surface area (Å²) >= 11 is 0. The Morgan fingerprint density at radius 2 is 2.09 bits per heavy atom. The average Bonchev–Trinajstić information content (AvgIpc) is 2.59. The lowest BCUT2D eigenvalue weighted by Gasteiger charge is -2.23. The Balaban J connectivity index is 1.93. The molecule has 2 unspecified atom stereocenters. The molecule has 1 aromatic carbocycles. The molecule has 0 aliphatic carbocycles. The summed E-state index contributed by atoms with van der Waals surface area (Å²) in [6.45, 7) is 1.70. The summed E-state index contributed by atoms with van der Waals surface area (Å²) < 4.78 is 15.6. The second-order valence-electron chi connectivity index (χ2n) is 4.99. The largest absolute Gasteiger partial charge is 0.497 e.